The minimum atomic E-state index is -0.376. The van der Waals surface area contributed by atoms with E-state index in [-0.39, 0.29) is 23.9 Å². The molecule has 0 aromatic carbocycles. The topological polar surface area (TPSA) is 70.2 Å². The fraction of sp³-hybridized carbons (Fsp3) is 0.857. The minimum absolute atomic E-state index is 0.0720. The lowest BCUT2D eigenvalue weighted by Gasteiger charge is -2.20. The zero-order valence-electron chi connectivity index (χ0n) is 13.0. The zero-order valence-corrected chi connectivity index (χ0v) is 13.0. The summed E-state index contributed by atoms with van der Waals surface area (Å²) in [6.07, 6.45) is 0. The van der Waals surface area contributed by atoms with Crippen molar-refractivity contribution in [2.24, 2.45) is 11.8 Å². The summed E-state index contributed by atoms with van der Waals surface area (Å²) < 4.78 is 0. The maximum absolute atomic E-state index is 11.8. The van der Waals surface area contributed by atoms with Crippen LogP contribution >= 0.6 is 0 Å². The van der Waals surface area contributed by atoms with E-state index in [9.17, 15) is 9.59 Å². The maximum atomic E-state index is 11.8. The maximum Gasteiger partial charge on any atom is 0.236 e. The van der Waals surface area contributed by atoms with Crippen LogP contribution in [-0.4, -0.2) is 37.0 Å². The smallest absolute Gasteiger partial charge is 0.236 e. The molecule has 0 saturated carbocycles. The Hall–Kier alpha value is -1.10. The van der Waals surface area contributed by atoms with Crippen molar-refractivity contribution in [3.8, 4) is 0 Å². The van der Waals surface area contributed by atoms with Gasteiger partial charge in [0.2, 0.25) is 11.8 Å². The molecule has 0 heterocycles. The fourth-order valence-electron chi connectivity index (χ4n) is 1.44. The summed E-state index contributed by atoms with van der Waals surface area (Å²) in [5.41, 5.74) is 0. The number of nitrogens with one attached hydrogen (secondary N) is 3. The molecule has 5 heteroatoms. The molecule has 0 bridgehead atoms. The number of carbonyl (C=O) groups is 2. The third kappa shape index (κ3) is 8.59. The number of hydrogen-bond acceptors (Lipinski definition) is 3. The average molecular weight is 271 g/mol. The van der Waals surface area contributed by atoms with Crippen LogP contribution in [0.15, 0.2) is 0 Å². The molecule has 3 N–H and O–H groups in total. The molecular weight excluding hydrogens is 242 g/mol. The molecule has 19 heavy (non-hydrogen) atoms. The van der Waals surface area contributed by atoms with Crippen molar-refractivity contribution in [2.75, 3.05) is 13.1 Å². The summed E-state index contributed by atoms with van der Waals surface area (Å²) in [6, 6.07) is -0.753. The summed E-state index contributed by atoms with van der Waals surface area (Å²) in [7, 11) is 0. The quantitative estimate of drug-likeness (QED) is 0.614. The van der Waals surface area contributed by atoms with E-state index in [1.165, 1.54) is 0 Å². The monoisotopic (exact) mass is 271 g/mol. The van der Waals surface area contributed by atoms with Gasteiger partial charge in [0.15, 0.2) is 0 Å². The fourth-order valence-corrected chi connectivity index (χ4v) is 1.44. The number of rotatable bonds is 8. The van der Waals surface area contributed by atoms with Crippen LogP contribution in [-0.2, 0) is 9.59 Å². The van der Waals surface area contributed by atoms with E-state index >= 15 is 0 Å². The number of carbonyl (C=O) groups excluding carboxylic acids is 2. The highest BCUT2D eigenvalue weighted by Crippen LogP contribution is 1.93. The van der Waals surface area contributed by atoms with E-state index in [2.05, 4.69) is 16.0 Å². The standard InChI is InChI=1S/C14H29N3O2/c1-9(2)7-15-13(18)11(5)17-12(6)14(19)16-8-10(3)4/h9-12,17H,7-8H2,1-6H3,(H,15,18)(H,16,19). The Kier molecular flexibility index (Phi) is 8.39. The van der Waals surface area contributed by atoms with Crippen molar-refractivity contribution in [1.82, 2.24) is 16.0 Å². The first-order valence-electron chi connectivity index (χ1n) is 7.05. The molecule has 5 nitrogen and oxygen atoms in total. The molecule has 0 fully saturated rings. The second-order valence-electron chi connectivity index (χ2n) is 5.89. The molecule has 0 aliphatic heterocycles. The van der Waals surface area contributed by atoms with Crippen LogP contribution < -0.4 is 16.0 Å². The molecule has 0 radical (unpaired) electrons. The number of hydrogen-bond donors (Lipinski definition) is 3. The van der Waals surface area contributed by atoms with E-state index in [0.717, 1.165) is 0 Å². The van der Waals surface area contributed by atoms with Gasteiger partial charge in [-0.3, -0.25) is 14.9 Å². The van der Waals surface area contributed by atoms with Crippen LogP contribution in [0.25, 0.3) is 0 Å². The summed E-state index contributed by atoms with van der Waals surface area (Å²) in [6.45, 7) is 13.0. The Morgan fingerprint density at radius 3 is 1.32 bits per heavy atom. The zero-order chi connectivity index (χ0) is 15.0. The lowest BCUT2D eigenvalue weighted by molar-refractivity contribution is -0.125. The molecule has 2 atom stereocenters. The largest absolute Gasteiger partial charge is 0.354 e. The Bertz CT molecular complexity index is 262. The van der Waals surface area contributed by atoms with E-state index in [1.807, 2.05) is 27.7 Å². The first-order valence-corrected chi connectivity index (χ1v) is 7.05. The van der Waals surface area contributed by atoms with Gasteiger partial charge in [0, 0.05) is 13.1 Å². The molecule has 0 saturated heterocycles. The predicted octanol–water partition coefficient (Wildman–Crippen LogP) is 0.897. The SMILES string of the molecule is CC(C)CNC(=O)C(C)NC(C)C(=O)NCC(C)C. The van der Waals surface area contributed by atoms with Crippen LogP contribution in [0.5, 0.6) is 0 Å². The summed E-state index contributed by atoms with van der Waals surface area (Å²) >= 11 is 0. The van der Waals surface area contributed by atoms with Crippen molar-refractivity contribution < 1.29 is 9.59 Å². The molecule has 2 unspecified atom stereocenters. The van der Waals surface area contributed by atoms with Crippen molar-refractivity contribution in [1.29, 1.82) is 0 Å². The second-order valence-corrected chi connectivity index (χ2v) is 5.89. The van der Waals surface area contributed by atoms with Gasteiger partial charge in [-0.1, -0.05) is 27.7 Å². The molecule has 2 amide bonds. The Balaban J connectivity index is 4.06. The third-order valence-electron chi connectivity index (χ3n) is 2.66. The van der Waals surface area contributed by atoms with Gasteiger partial charge in [0.25, 0.3) is 0 Å². The highest BCUT2D eigenvalue weighted by atomic mass is 16.2. The van der Waals surface area contributed by atoms with Crippen molar-refractivity contribution in [2.45, 2.75) is 53.6 Å². The van der Waals surface area contributed by atoms with Gasteiger partial charge in [-0.2, -0.15) is 0 Å². The van der Waals surface area contributed by atoms with Gasteiger partial charge in [-0.15, -0.1) is 0 Å². The van der Waals surface area contributed by atoms with Gasteiger partial charge < -0.3 is 10.6 Å². The number of amides is 2. The first-order chi connectivity index (χ1) is 8.73. The predicted molar refractivity (Wildman–Crippen MR) is 77.8 cm³/mol. The van der Waals surface area contributed by atoms with Gasteiger partial charge in [0.05, 0.1) is 12.1 Å². The highest BCUT2D eigenvalue weighted by molar-refractivity contribution is 5.84. The normalized spacial score (nSPS) is 14.3. The lowest BCUT2D eigenvalue weighted by atomic mass is 10.2. The summed E-state index contributed by atoms with van der Waals surface area (Å²) in [4.78, 5) is 23.5. The van der Waals surface area contributed by atoms with Gasteiger partial charge in [-0.05, 0) is 25.7 Å². The Morgan fingerprint density at radius 1 is 0.737 bits per heavy atom. The molecule has 0 aliphatic rings. The van der Waals surface area contributed by atoms with Gasteiger partial charge in [-0.25, -0.2) is 0 Å². The molecule has 0 rings (SSSR count). The van der Waals surface area contributed by atoms with Crippen LogP contribution in [0.3, 0.4) is 0 Å². The van der Waals surface area contributed by atoms with Crippen molar-refractivity contribution in [3.63, 3.8) is 0 Å². The molecule has 0 aromatic heterocycles. The van der Waals surface area contributed by atoms with E-state index in [0.29, 0.717) is 24.9 Å². The third-order valence-corrected chi connectivity index (χ3v) is 2.66. The molecule has 112 valence electrons. The lowest BCUT2D eigenvalue weighted by Crippen LogP contribution is -2.51. The van der Waals surface area contributed by atoms with Crippen LogP contribution in [0.1, 0.15) is 41.5 Å². The second kappa shape index (κ2) is 8.91. The van der Waals surface area contributed by atoms with E-state index in [4.69, 9.17) is 0 Å². The van der Waals surface area contributed by atoms with Crippen molar-refractivity contribution in [3.05, 3.63) is 0 Å². The van der Waals surface area contributed by atoms with Crippen LogP contribution in [0.4, 0.5) is 0 Å². The van der Waals surface area contributed by atoms with Gasteiger partial charge in [0.1, 0.15) is 0 Å². The van der Waals surface area contributed by atoms with Crippen LogP contribution in [0.2, 0.25) is 0 Å². The average Bonchev–Trinajstić information content (AvgIpc) is 2.32. The Morgan fingerprint density at radius 2 is 1.05 bits per heavy atom. The summed E-state index contributed by atoms with van der Waals surface area (Å²) in [5, 5.41) is 8.69. The van der Waals surface area contributed by atoms with Gasteiger partial charge >= 0.3 is 0 Å². The van der Waals surface area contributed by atoms with Crippen LogP contribution in [0, 0.1) is 11.8 Å². The molecule has 0 aliphatic carbocycles. The summed E-state index contributed by atoms with van der Waals surface area (Å²) in [5.74, 6) is 0.695. The minimum Gasteiger partial charge on any atom is -0.354 e. The Labute approximate surface area is 116 Å². The van der Waals surface area contributed by atoms with E-state index < -0.39 is 0 Å². The highest BCUT2D eigenvalue weighted by Gasteiger charge is 2.19. The molecule has 0 aromatic rings. The molecular formula is C14H29N3O2. The van der Waals surface area contributed by atoms with E-state index in [1.54, 1.807) is 13.8 Å². The first kappa shape index (κ1) is 17.9. The molecule has 0 spiro atoms. The van der Waals surface area contributed by atoms with Crippen molar-refractivity contribution >= 4 is 11.8 Å².